The van der Waals surface area contributed by atoms with Crippen LogP contribution in [-0.2, 0) is 9.59 Å². The van der Waals surface area contributed by atoms with Gasteiger partial charge < -0.3 is 10.4 Å². The van der Waals surface area contributed by atoms with E-state index in [1.807, 2.05) is 6.92 Å². The Morgan fingerprint density at radius 3 is 2.57 bits per heavy atom. The number of carbonyl (C=O) groups is 2. The van der Waals surface area contributed by atoms with Gasteiger partial charge >= 0.3 is 5.97 Å². The molecule has 0 spiro atoms. The molecule has 1 unspecified atom stereocenters. The highest BCUT2D eigenvalue weighted by Crippen LogP contribution is 2.00. The van der Waals surface area contributed by atoms with Gasteiger partial charge in [0.15, 0.2) is 0 Å². The van der Waals surface area contributed by atoms with Crippen molar-refractivity contribution in [1.82, 2.24) is 5.32 Å². The van der Waals surface area contributed by atoms with Crippen LogP contribution in [0.5, 0.6) is 0 Å². The second-order valence-electron chi connectivity index (χ2n) is 3.04. The summed E-state index contributed by atoms with van der Waals surface area (Å²) < 4.78 is 0. The quantitative estimate of drug-likeness (QED) is 0.634. The molecule has 0 rings (SSSR count). The van der Waals surface area contributed by atoms with E-state index in [2.05, 4.69) is 5.32 Å². The molecule has 0 aliphatic rings. The Kier molecular flexibility index (Phi) is 6.45. The van der Waals surface area contributed by atoms with Crippen LogP contribution >= 0.6 is 0 Å². The van der Waals surface area contributed by atoms with Crippen LogP contribution in [0.2, 0.25) is 0 Å². The lowest BCUT2D eigenvalue weighted by molar-refractivity contribution is -0.141. The summed E-state index contributed by atoms with van der Waals surface area (Å²) in [7, 11) is 0. The minimum atomic E-state index is -0.976. The summed E-state index contributed by atoms with van der Waals surface area (Å²) in [5, 5.41) is 11.2. The molecule has 1 amide bonds. The highest BCUT2D eigenvalue weighted by Gasteiger charge is 2.17. The minimum Gasteiger partial charge on any atom is -0.480 e. The van der Waals surface area contributed by atoms with Crippen molar-refractivity contribution >= 4 is 11.9 Å². The zero-order valence-electron chi connectivity index (χ0n) is 8.62. The first-order chi connectivity index (χ1) is 6.61. The van der Waals surface area contributed by atoms with E-state index >= 15 is 0 Å². The number of nitrogens with one attached hydrogen (secondary N) is 1. The molecular weight excluding hydrogens is 182 g/mol. The van der Waals surface area contributed by atoms with E-state index in [-0.39, 0.29) is 5.91 Å². The molecular formula is C10H17NO3. The standard InChI is InChI=1S/C10H17NO3/c1-3-5-7-8(10(13)14)11-9(12)6-4-2/h4,6,8H,3,5,7H2,1-2H3,(H,11,12)(H,13,14). The first-order valence-corrected chi connectivity index (χ1v) is 4.77. The average molecular weight is 199 g/mol. The second kappa shape index (κ2) is 7.12. The Bertz CT molecular complexity index is 223. The molecule has 0 aromatic carbocycles. The van der Waals surface area contributed by atoms with Gasteiger partial charge in [-0.25, -0.2) is 4.79 Å². The minimum absolute atomic E-state index is 0.351. The van der Waals surface area contributed by atoms with E-state index in [9.17, 15) is 9.59 Å². The summed E-state index contributed by atoms with van der Waals surface area (Å²) in [6.07, 6.45) is 5.10. The monoisotopic (exact) mass is 199 g/mol. The number of aliphatic carboxylic acids is 1. The molecule has 0 aromatic rings. The maximum Gasteiger partial charge on any atom is 0.326 e. The predicted octanol–water partition coefficient (Wildman–Crippen LogP) is 1.32. The Morgan fingerprint density at radius 2 is 2.14 bits per heavy atom. The topological polar surface area (TPSA) is 66.4 Å². The average Bonchev–Trinajstić information content (AvgIpc) is 2.12. The third kappa shape index (κ3) is 5.35. The normalized spacial score (nSPS) is 12.7. The highest BCUT2D eigenvalue weighted by molar-refractivity contribution is 5.90. The molecule has 80 valence electrons. The van der Waals surface area contributed by atoms with Crippen LogP contribution in [0.15, 0.2) is 12.2 Å². The highest BCUT2D eigenvalue weighted by atomic mass is 16.4. The molecule has 0 heterocycles. The Morgan fingerprint density at radius 1 is 1.50 bits per heavy atom. The van der Waals surface area contributed by atoms with Crippen molar-refractivity contribution in [3.8, 4) is 0 Å². The lowest BCUT2D eigenvalue weighted by Crippen LogP contribution is -2.39. The zero-order chi connectivity index (χ0) is 11.0. The van der Waals surface area contributed by atoms with E-state index in [1.165, 1.54) is 6.08 Å². The molecule has 0 aliphatic carbocycles. The number of hydrogen-bond donors (Lipinski definition) is 2. The van der Waals surface area contributed by atoms with Crippen molar-refractivity contribution in [3.05, 3.63) is 12.2 Å². The van der Waals surface area contributed by atoms with Crippen molar-refractivity contribution in [2.24, 2.45) is 0 Å². The fraction of sp³-hybridized carbons (Fsp3) is 0.600. The fourth-order valence-electron chi connectivity index (χ4n) is 1.04. The van der Waals surface area contributed by atoms with E-state index in [4.69, 9.17) is 5.11 Å². The van der Waals surface area contributed by atoms with Crippen molar-refractivity contribution < 1.29 is 14.7 Å². The van der Waals surface area contributed by atoms with Crippen LogP contribution in [0, 0.1) is 0 Å². The van der Waals surface area contributed by atoms with Gasteiger partial charge in [-0.05, 0) is 19.4 Å². The van der Waals surface area contributed by atoms with Gasteiger partial charge in [-0.15, -0.1) is 0 Å². The number of allylic oxidation sites excluding steroid dienone is 1. The smallest absolute Gasteiger partial charge is 0.326 e. The molecule has 2 N–H and O–H groups in total. The molecule has 4 nitrogen and oxygen atoms in total. The van der Waals surface area contributed by atoms with Crippen LogP contribution in [-0.4, -0.2) is 23.0 Å². The largest absolute Gasteiger partial charge is 0.480 e. The van der Waals surface area contributed by atoms with E-state index < -0.39 is 12.0 Å². The molecule has 14 heavy (non-hydrogen) atoms. The number of unbranched alkanes of at least 4 members (excludes halogenated alkanes) is 1. The lowest BCUT2D eigenvalue weighted by Gasteiger charge is -2.12. The summed E-state index contributed by atoms with van der Waals surface area (Å²) >= 11 is 0. The maximum absolute atomic E-state index is 11.1. The zero-order valence-corrected chi connectivity index (χ0v) is 8.62. The molecule has 0 aliphatic heterocycles. The molecule has 1 atom stereocenters. The molecule has 0 aromatic heterocycles. The van der Waals surface area contributed by atoms with Crippen molar-refractivity contribution in [2.75, 3.05) is 0 Å². The molecule has 0 bridgehead atoms. The predicted molar refractivity (Wildman–Crippen MR) is 53.9 cm³/mol. The van der Waals surface area contributed by atoms with Crippen LogP contribution in [0.25, 0.3) is 0 Å². The van der Waals surface area contributed by atoms with Gasteiger partial charge in [-0.3, -0.25) is 4.79 Å². The summed E-state index contributed by atoms with van der Waals surface area (Å²) in [4.78, 5) is 21.8. The summed E-state index contributed by atoms with van der Waals surface area (Å²) in [6, 6.07) is -0.765. The molecule has 0 fully saturated rings. The maximum atomic E-state index is 11.1. The van der Waals surface area contributed by atoms with Crippen molar-refractivity contribution in [3.63, 3.8) is 0 Å². The summed E-state index contributed by atoms with van der Waals surface area (Å²) in [5.41, 5.74) is 0. The van der Waals surface area contributed by atoms with Gasteiger partial charge in [-0.2, -0.15) is 0 Å². The Labute approximate surface area is 84.0 Å². The third-order valence-electron chi connectivity index (χ3n) is 1.78. The summed E-state index contributed by atoms with van der Waals surface area (Å²) in [5.74, 6) is -1.33. The van der Waals surface area contributed by atoms with Gasteiger partial charge in [-0.1, -0.05) is 25.8 Å². The van der Waals surface area contributed by atoms with Gasteiger partial charge in [0.05, 0.1) is 0 Å². The van der Waals surface area contributed by atoms with Gasteiger partial charge in [0, 0.05) is 0 Å². The second-order valence-corrected chi connectivity index (χ2v) is 3.04. The van der Waals surface area contributed by atoms with Crippen molar-refractivity contribution in [2.45, 2.75) is 39.2 Å². The van der Waals surface area contributed by atoms with Crippen molar-refractivity contribution in [1.29, 1.82) is 0 Å². The third-order valence-corrected chi connectivity index (χ3v) is 1.78. The van der Waals surface area contributed by atoms with Gasteiger partial charge in [0.2, 0.25) is 5.91 Å². The molecule has 0 radical (unpaired) electrons. The van der Waals surface area contributed by atoms with E-state index in [0.717, 1.165) is 12.8 Å². The Balaban J connectivity index is 4.08. The fourth-order valence-corrected chi connectivity index (χ4v) is 1.04. The lowest BCUT2D eigenvalue weighted by atomic mass is 10.1. The number of hydrogen-bond acceptors (Lipinski definition) is 2. The van der Waals surface area contributed by atoms with Crippen LogP contribution in [0.1, 0.15) is 33.1 Å². The Hall–Kier alpha value is -1.32. The number of carboxylic acids is 1. The SMILES string of the molecule is CC=CC(=O)NC(CCCC)C(=O)O. The molecule has 0 saturated heterocycles. The summed E-state index contributed by atoms with van der Waals surface area (Å²) in [6.45, 7) is 3.69. The molecule has 4 heteroatoms. The van der Waals surface area contributed by atoms with Gasteiger partial charge in [0.1, 0.15) is 6.04 Å². The number of carboxylic acid groups (broad SMARTS) is 1. The number of carbonyl (C=O) groups excluding carboxylic acids is 1. The molecule has 0 saturated carbocycles. The van der Waals surface area contributed by atoms with Crippen LogP contribution in [0.4, 0.5) is 0 Å². The number of rotatable bonds is 6. The number of amides is 1. The van der Waals surface area contributed by atoms with Crippen LogP contribution < -0.4 is 5.32 Å². The van der Waals surface area contributed by atoms with E-state index in [1.54, 1.807) is 13.0 Å². The van der Waals surface area contributed by atoms with Gasteiger partial charge in [0.25, 0.3) is 0 Å². The first kappa shape index (κ1) is 12.7. The van der Waals surface area contributed by atoms with E-state index in [0.29, 0.717) is 6.42 Å². The van der Waals surface area contributed by atoms with Crippen LogP contribution in [0.3, 0.4) is 0 Å². The first-order valence-electron chi connectivity index (χ1n) is 4.77.